The minimum absolute atomic E-state index is 0.0668. The third-order valence-corrected chi connectivity index (χ3v) is 4.47. The zero-order valence-corrected chi connectivity index (χ0v) is 16.8. The molecular weight excluding hydrogens is 342 g/mol. The molecule has 1 aromatic heterocycles. The Kier molecular flexibility index (Phi) is 7.28. The molecular formula is C21H29N3O3. The van der Waals surface area contributed by atoms with Gasteiger partial charge in [0.2, 0.25) is 0 Å². The van der Waals surface area contributed by atoms with E-state index in [1.54, 1.807) is 18.2 Å². The van der Waals surface area contributed by atoms with Crippen LogP contribution in [-0.4, -0.2) is 34.5 Å². The molecule has 1 aromatic carbocycles. The first-order valence-electron chi connectivity index (χ1n) is 9.47. The van der Waals surface area contributed by atoms with E-state index >= 15 is 0 Å². The molecule has 0 aliphatic rings. The molecule has 0 aliphatic carbocycles. The maximum atomic E-state index is 12.2. The van der Waals surface area contributed by atoms with Gasteiger partial charge in [-0.25, -0.2) is 14.8 Å². The van der Waals surface area contributed by atoms with Crippen molar-refractivity contribution in [1.82, 2.24) is 15.3 Å². The Bertz CT molecular complexity index is 818. The molecule has 0 unspecified atom stereocenters. The highest BCUT2D eigenvalue weighted by atomic mass is 16.5. The second-order valence-corrected chi connectivity index (χ2v) is 7.47. The number of fused-ring (bicyclic) bond motifs is 1. The third-order valence-electron chi connectivity index (χ3n) is 4.47. The van der Waals surface area contributed by atoms with Gasteiger partial charge < -0.3 is 10.1 Å². The third kappa shape index (κ3) is 6.31. The van der Waals surface area contributed by atoms with Gasteiger partial charge in [0.05, 0.1) is 28.0 Å². The number of carbonyl (C=O) groups excluding carboxylic acids is 2. The molecule has 27 heavy (non-hydrogen) atoms. The van der Waals surface area contributed by atoms with Gasteiger partial charge in [0.1, 0.15) is 0 Å². The average molecular weight is 371 g/mol. The van der Waals surface area contributed by atoms with Gasteiger partial charge in [0.15, 0.2) is 6.61 Å². The predicted octanol–water partition coefficient (Wildman–Crippen LogP) is 3.73. The van der Waals surface area contributed by atoms with Gasteiger partial charge in [-0.1, -0.05) is 26.7 Å². The van der Waals surface area contributed by atoms with Crippen molar-refractivity contribution in [3.8, 4) is 0 Å². The van der Waals surface area contributed by atoms with Crippen LogP contribution in [0.4, 0.5) is 0 Å². The molecule has 0 fully saturated rings. The van der Waals surface area contributed by atoms with Crippen LogP contribution < -0.4 is 5.32 Å². The van der Waals surface area contributed by atoms with E-state index in [1.165, 1.54) is 0 Å². The summed E-state index contributed by atoms with van der Waals surface area (Å²) in [5.74, 6) is -0.166. The normalized spacial score (nSPS) is 12.2. The Morgan fingerprint density at radius 2 is 1.70 bits per heavy atom. The lowest BCUT2D eigenvalue weighted by atomic mass is 10.0. The first-order valence-corrected chi connectivity index (χ1v) is 9.47. The van der Waals surface area contributed by atoms with Crippen LogP contribution in [0.3, 0.4) is 0 Å². The number of benzene rings is 1. The van der Waals surface area contributed by atoms with E-state index in [9.17, 15) is 9.59 Å². The van der Waals surface area contributed by atoms with Gasteiger partial charge in [-0.3, -0.25) is 4.79 Å². The second-order valence-electron chi connectivity index (χ2n) is 7.47. The molecule has 0 bridgehead atoms. The summed E-state index contributed by atoms with van der Waals surface area (Å²) in [7, 11) is 0. The Morgan fingerprint density at radius 3 is 2.37 bits per heavy atom. The van der Waals surface area contributed by atoms with Crippen LogP contribution in [0.5, 0.6) is 0 Å². The number of hydrogen-bond acceptors (Lipinski definition) is 5. The summed E-state index contributed by atoms with van der Waals surface area (Å²) in [6, 6.07) is 5.09. The number of aromatic nitrogens is 2. The number of esters is 1. The summed E-state index contributed by atoms with van der Waals surface area (Å²) in [5, 5.41) is 2.87. The molecule has 0 spiro atoms. The van der Waals surface area contributed by atoms with Gasteiger partial charge >= 0.3 is 5.97 Å². The molecule has 2 rings (SSSR count). The highest BCUT2D eigenvalue weighted by Gasteiger charge is 2.13. The highest BCUT2D eigenvalue weighted by molar-refractivity contribution is 5.94. The number of carbonyl (C=O) groups is 2. The van der Waals surface area contributed by atoms with Crippen molar-refractivity contribution < 1.29 is 14.3 Å². The van der Waals surface area contributed by atoms with Crippen molar-refractivity contribution in [1.29, 1.82) is 0 Å². The fourth-order valence-electron chi connectivity index (χ4n) is 2.79. The minimum Gasteiger partial charge on any atom is -0.452 e. The van der Waals surface area contributed by atoms with E-state index in [0.717, 1.165) is 36.2 Å². The lowest BCUT2D eigenvalue weighted by Gasteiger charge is -2.14. The van der Waals surface area contributed by atoms with Crippen LogP contribution >= 0.6 is 0 Å². The van der Waals surface area contributed by atoms with E-state index < -0.39 is 5.97 Å². The Labute approximate surface area is 160 Å². The number of rotatable bonds is 8. The lowest BCUT2D eigenvalue weighted by Crippen LogP contribution is -2.35. The molecule has 146 valence electrons. The standard InChI is InChI=1S/C21H29N3O3/c1-13(2)7-6-8-14(3)22-20(25)12-27-21(26)17-9-10-18-19(11-17)24-16(5)15(4)23-18/h9-11,13-14H,6-8,12H2,1-5H3,(H,22,25)/t14-/m0/s1. The molecule has 0 radical (unpaired) electrons. The first kappa shape index (κ1) is 20.8. The molecule has 6 nitrogen and oxygen atoms in total. The fraction of sp³-hybridized carbons (Fsp3) is 0.524. The van der Waals surface area contributed by atoms with Crippen LogP contribution in [0.15, 0.2) is 18.2 Å². The second kappa shape index (κ2) is 9.44. The van der Waals surface area contributed by atoms with Gasteiger partial charge in [0, 0.05) is 6.04 Å². The van der Waals surface area contributed by atoms with Gasteiger partial charge in [-0.05, 0) is 51.3 Å². The maximum Gasteiger partial charge on any atom is 0.338 e. The Balaban J connectivity index is 1.87. The fourth-order valence-corrected chi connectivity index (χ4v) is 2.79. The number of amides is 1. The van der Waals surface area contributed by atoms with Crippen molar-refractivity contribution in [2.45, 2.75) is 59.9 Å². The zero-order valence-electron chi connectivity index (χ0n) is 16.8. The van der Waals surface area contributed by atoms with Crippen LogP contribution in [0.2, 0.25) is 0 Å². The molecule has 0 saturated heterocycles. The summed E-state index contributed by atoms with van der Waals surface area (Å²) in [5.41, 5.74) is 3.40. The average Bonchev–Trinajstić information content (AvgIpc) is 2.60. The zero-order chi connectivity index (χ0) is 20.0. The van der Waals surface area contributed by atoms with Crippen LogP contribution in [0.25, 0.3) is 11.0 Å². The van der Waals surface area contributed by atoms with E-state index in [2.05, 4.69) is 29.1 Å². The van der Waals surface area contributed by atoms with Crippen LogP contribution in [-0.2, 0) is 9.53 Å². The molecule has 0 saturated carbocycles. The van der Waals surface area contributed by atoms with Gasteiger partial charge in [0.25, 0.3) is 5.91 Å². The highest BCUT2D eigenvalue weighted by Crippen LogP contribution is 2.15. The van der Waals surface area contributed by atoms with Crippen molar-refractivity contribution in [2.24, 2.45) is 5.92 Å². The molecule has 1 heterocycles. The number of hydrogen-bond donors (Lipinski definition) is 1. The van der Waals surface area contributed by atoms with Crippen molar-refractivity contribution in [2.75, 3.05) is 6.61 Å². The number of nitrogens with zero attached hydrogens (tertiary/aromatic N) is 2. The quantitative estimate of drug-likeness (QED) is 0.715. The number of aryl methyl sites for hydroxylation is 2. The first-order chi connectivity index (χ1) is 12.8. The van der Waals surface area contributed by atoms with E-state index in [4.69, 9.17) is 4.74 Å². The summed E-state index contributed by atoms with van der Waals surface area (Å²) >= 11 is 0. The smallest absolute Gasteiger partial charge is 0.338 e. The maximum absolute atomic E-state index is 12.2. The molecule has 2 aromatic rings. The molecule has 0 aliphatic heterocycles. The summed E-state index contributed by atoms with van der Waals surface area (Å²) in [6.45, 7) is 9.81. The molecule has 1 N–H and O–H groups in total. The largest absolute Gasteiger partial charge is 0.452 e. The Hall–Kier alpha value is -2.50. The Morgan fingerprint density at radius 1 is 1.04 bits per heavy atom. The number of nitrogens with one attached hydrogen (secondary N) is 1. The monoisotopic (exact) mass is 371 g/mol. The summed E-state index contributed by atoms with van der Waals surface area (Å²) in [4.78, 5) is 33.1. The molecule has 1 amide bonds. The van der Waals surface area contributed by atoms with E-state index in [1.807, 2.05) is 20.8 Å². The van der Waals surface area contributed by atoms with Crippen LogP contribution in [0.1, 0.15) is 61.8 Å². The topological polar surface area (TPSA) is 81.2 Å². The van der Waals surface area contributed by atoms with Crippen molar-refractivity contribution in [3.63, 3.8) is 0 Å². The SMILES string of the molecule is Cc1nc2ccc(C(=O)OCC(=O)N[C@@H](C)CCCC(C)C)cc2nc1C. The predicted molar refractivity (Wildman–Crippen MR) is 106 cm³/mol. The summed E-state index contributed by atoms with van der Waals surface area (Å²) < 4.78 is 5.14. The van der Waals surface area contributed by atoms with Crippen molar-refractivity contribution in [3.05, 3.63) is 35.2 Å². The summed E-state index contributed by atoms with van der Waals surface area (Å²) in [6.07, 6.45) is 3.12. The molecule has 1 atom stereocenters. The lowest BCUT2D eigenvalue weighted by molar-refractivity contribution is -0.124. The van der Waals surface area contributed by atoms with E-state index in [0.29, 0.717) is 17.0 Å². The van der Waals surface area contributed by atoms with E-state index in [-0.39, 0.29) is 18.6 Å². The minimum atomic E-state index is -0.542. The van der Waals surface area contributed by atoms with Crippen molar-refractivity contribution >= 4 is 22.9 Å². The van der Waals surface area contributed by atoms with Gasteiger partial charge in [-0.15, -0.1) is 0 Å². The van der Waals surface area contributed by atoms with Crippen LogP contribution in [0, 0.1) is 19.8 Å². The number of ether oxygens (including phenoxy) is 1. The molecule has 6 heteroatoms. The van der Waals surface area contributed by atoms with Gasteiger partial charge in [-0.2, -0.15) is 0 Å².